The summed E-state index contributed by atoms with van der Waals surface area (Å²) >= 11 is 0. The van der Waals surface area contributed by atoms with Gasteiger partial charge in [-0.3, -0.25) is 9.89 Å². The van der Waals surface area contributed by atoms with E-state index in [1.165, 1.54) is 5.69 Å². The molecule has 28 heavy (non-hydrogen) atoms. The maximum absolute atomic E-state index is 13.0. The van der Waals surface area contributed by atoms with Crippen molar-refractivity contribution < 1.29 is 4.79 Å². The minimum Gasteiger partial charge on any atom is -0.342 e. The van der Waals surface area contributed by atoms with Gasteiger partial charge < -0.3 is 9.47 Å². The molecule has 0 spiro atoms. The standard InChI is InChI=1S/C21H24N6O/c28-21(17-6-7-18-12-22-14-27(18)13-17)26-10-8-16(9-11-26)20-23-19(24-25-20)15-4-2-1-3-5-15/h1-5,12,14,16-17H,6-11,13H2,(H,23,24,25)/t17-/m1/s1. The van der Waals surface area contributed by atoms with E-state index >= 15 is 0 Å². The van der Waals surface area contributed by atoms with E-state index in [1.807, 2.05) is 47.8 Å². The van der Waals surface area contributed by atoms with Gasteiger partial charge in [0.15, 0.2) is 5.82 Å². The Morgan fingerprint density at radius 2 is 1.93 bits per heavy atom. The van der Waals surface area contributed by atoms with Crippen molar-refractivity contribution in [2.45, 2.75) is 38.1 Å². The molecule has 0 saturated carbocycles. The zero-order valence-electron chi connectivity index (χ0n) is 15.8. The molecule has 4 heterocycles. The van der Waals surface area contributed by atoms with Crippen molar-refractivity contribution >= 4 is 5.91 Å². The van der Waals surface area contributed by atoms with E-state index in [2.05, 4.69) is 19.7 Å². The summed E-state index contributed by atoms with van der Waals surface area (Å²) in [5, 5.41) is 7.49. The van der Waals surface area contributed by atoms with Gasteiger partial charge in [0.05, 0.1) is 12.2 Å². The van der Waals surface area contributed by atoms with Crippen LogP contribution in [0.2, 0.25) is 0 Å². The molecule has 1 aromatic carbocycles. The summed E-state index contributed by atoms with van der Waals surface area (Å²) in [6.07, 6.45) is 7.47. The molecule has 0 unspecified atom stereocenters. The summed E-state index contributed by atoms with van der Waals surface area (Å²) in [7, 11) is 0. The maximum atomic E-state index is 13.0. The first-order valence-corrected chi connectivity index (χ1v) is 10.0. The van der Waals surface area contributed by atoms with Crippen molar-refractivity contribution in [2.24, 2.45) is 5.92 Å². The summed E-state index contributed by atoms with van der Waals surface area (Å²) in [6.45, 7) is 2.34. The quantitative estimate of drug-likeness (QED) is 0.762. The number of carbonyl (C=O) groups excluding carboxylic acids is 1. The SMILES string of the molecule is O=C([C@@H]1CCc2cncn2C1)N1CCC(c2nc(-c3ccccc3)n[nH]2)CC1. The first-order chi connectivity index (χ1) is 13.8. The number of H-pyrrole nitrogens is 1. The number of imidazole rings is 1. The first kappa shape index (κ1) is 17.2. The lowest BCUT2D eigenvalue weighted by Gasteiger charge is -2.34. The van der Waals surface area contributed by atoms with Crippen LogP contribution in [-0.4, -0.2) is 48.6 Å². The van der Waals surface area contributed by atoms with Crippen molar-refractivity contribution in [1.29, 1.82) is 0 Å². The van der Waals surface area contributed by atoms with Crippen LogP contribution < -0.4 is 0 Å². The Morgan fingerprint density at radius 1 is 1.11 bits per heavy atom. The van der Waals surface area contributed by atoms with Crippen LogP contribution in [0.25, 0.3) is 11.4 Å². The summed E-state index contributed by atoms with van der Waals surface area (Å²) in [5.74, 6) is 2.38. The third-order valence-corrected chi connectivity index (χ3v) is 6.04. The molecular weight excluding hydrogens is 352 g/mol. The molecule has 0 aliphatic carbocycles. The van der Waals surface area contributed by atoms with Crippen molar-refractivity contribution in [2.75, 3.05) is 13.1 Å². The molecule has 5 rings (SSSR count). The number of nitrogens with one attached hydrogen (secondary N) is 1. The predicted octanol–water partition coefficient (Wildman–Crippen LogP) is 2.64. The van der Waals surface area contributed by atoms with Crippen molar-refractivity contribution in [3.05, 3.63) is 54.4 Å². The van der Waals surface area contributed by atoms with Gasteiger partial charge in [-0.1, -0.05) is 30.3 Å². The van der Waals surface area contributed by atoms with Gasteiger partial charge >= 0.3 is 0 Å². The number of nitrogens with zero attached hydrogens (tertiary/aromatic N) is 5. The third kappa shape index (κ3) is 3.21. The second-order valence-corrected chi connectivity index (χ2v) is 7.78. The molecule has 2 aliphatic rings. The topological polar surface area (TPSA) is 79.7 Å². The van der Waals surface area contributed by atoms with Gasteiger partial charge in [-0.25, -0.2) is 9.97 Å². The molecule has 1 N–H and O–H groups in total. The average molecular weight is 376 g/mol. The summed E-state index contributed by atoms with van der Waals surface area (Å²) < 4.78 is 2.12. The Hall–Kier alpha value is -2.96. The number of aromatic amines is 1. The molecule has 1 atom stereocenters. The molecule has 1 fully saturated rings. The molecular formula is C21H24N6O. The molecule has 7 heteroatoms. The smallest absolute Gasteiger partial charge is 0.227 e. The minimum atomic E-state index is 0.0770. The lowest BCUT2D eigenvalue weighted by atomic mass is 9.92. The fraction of sp³-hybridized carbons (Fsp3) is 0.429. The van der Waals surface area contributed by atoms with Gasteiger partial charge in [0.2, 0.25) is 5.91 Å². The molecule has 1 saturated heterocycles. The summed E-state index contributed by atoms with van der Waals surface area (Å²) in [6, 6.07) is 10.0. The molecule has 144 valence electrons. The van der Waals surface area contributed by atoms with Crippen LogP contribution in [0.15, 0.2) is 42.9 Å². The number of fused-ring (bicyclic) bond motifs is 1. The summed E-state index contributed by atoms with van der Waals surface area (Å²) in [4.78, 5) is 23.9. The second-order valence-electron chi connectivity index (χ2n) is 7.78. The number of aryl methyl sites for hydroxylation is 1. The highest BCUT2D eigenvalue weighted by Gasteiger charge is 2.32. The van der Waals surface area contributed by atoms with E-state index in [1.54, 1.807) is 0 Å². The lowest BCUT2D eigenvalue weighted by molar-refractivity contribution is -0.137. The van der Waals surface area contributed by atoms with E-state index in [0.717, 1.165) is 62.5 Å². The predicted molar refractivity (Wildman–Crippen MR) is 104 cm³/mol. The Labute approximate surface area is 163 Å². The number of hydrogen-bond donors (Lipinski definition) is 1. The van der Waals surface area contributed by atoms with E-state index in [-0.39, 0.29) is 5.92 Å². The Bertz CT molecular complexity index is 954. The molecule has 7 nitrogen and oxygen atoms in total. The zero-order valence-corrected chi connectivity index (χ0v) is 15.8. The highest BCUT2D eigenvalue weighted by atomic mass is 16.2. The number of piperidine rings is 1. The van der Waals surface area contributed by atoms with Gasteiger partial charge in [-0.15, -0.1) is 0 Å². The van der Waals surface area contributed by atoms with Crippen LogP contribution in [-0.2, 0) is 17.8 Å². The molecule has 3 aromatic rings. The van der Waals surface area contributed by atoms with E-state index < -0.39 is 0 Å². The normalized spacial score (nSPS) is 20.1. The van der Waals surface area contributed by atoms with Crippen LogP contribution >= 0.6 is 0 Å². The van der Waals surface area contributed by atoms with Gasteiger partial charge in [0, 0.05) is 43.0 Å². The van der Waals surface area contributed by atoms with Crippen LogP contribution in [0, 0.1) is 5.92 Å². The fourth-order valence-electron chi connectivity index (χ4n) is 4.38. The number of likely N-dealkylation sites (tertiary alicyclic amines) is 1. The second kappa shape index (κ2) is 7.22. The fourth-order valence-corrected chi connectivity index (χ4v) is 4.38. The monoisotopic (exact) mass is 376 g/mol. The number of carbonyl (C=O) groups is 1. The number of hydrogen-bond acceptors (Lipinski definition) is 4. The third-order valence-electron chi connectivity index (χ3n) is 6.04. The highest BCUT2D eigenvalue weighted by molar-refractivity contribution is 5.79. The largest absolute Gasteiger partial charge is 0.342 e. The number of benzene rings is 1. The maximum Gasteiger partial charge on any atom is 0.227 e. The molecule has 1 amide bonds. The van der Waals surface area contributed by atoms with Crippen molar-refractivity contribution in [3.63, 3.8) is 0 Å². The van der Waals surface area contributed by atoms with E-state index in [0.29, 0.717) is 11.8 Å². The average Bonchev–Trinajstić information content (AvgIpc) is 3.43. The van der Waals surface area contributed by atoms with Crippen LogP contribution in [0.5, 0.6) is 0 Å². The number of aromatic nitrogens is 5. The highest BCUT2D eigenvalue weighted by Crippen LogP contribution is 2.29. The van der Waals surface area contributed by atoms with Gasteiger partial charge in [0.1, 0.15) is 5.82 Å². The Kier molecular flexibility index (Phi) is 4.43. The first-order valence-electron chi connectivity index (χ1n) is 10.0. The Morgan fingerprint density at radius 3 is 2.75 bits per heavy atom. The number of amides is 1. The van der Waals surface area contributed by atoms with E-state index in [4.69, 9.17) is 4.98 Å². The molecule has 2 aromatic heterocycles. The van der Waals surface area contributed by atoms with Crippen molar-refractivity contribution in [3.8, 4) is 11.4 Å². The van der Waals surface area contributed by atoms with Gasteiger partial charge in [-0.2, -0.15) is 5.10 Å². The van der Waals surface area contributed by atoms with Gasteiger partial charge in [-0.05, 0) is 25.7 Å². The number of rotatable bonds is 3. The summed E-state index contributed by atoms with van der Waals surface area (Å²) in [5.41, 5.74) is 2.26. The van der Waals surface area contributed by atoms with Crippen molar-refractivity contribution in [1.82, 2.24) is 29.6 Å². The van der Waals surface area contributed by atoms with Crippen LogP contribution in [0.1, 0.15) is 36.7 Å². The molecule has 0 radical (unpaired) electrons. The zero-order chi connectivity index (χ0) is 18.9. The lowest BCUT2D eigenvalue weighted by Crippen LogP contribution is -2.43. The van der Waals surface area contributed by atoms with Crippen LogP contribution in [0.4, 0.5) is 0 Å². The molecule has 2 aliphatic heterocycles. The van der Waals surface area contributed by atoms with Crippen LogP contribution in [0.3, 0.4) is 0 Å². The van der Waals surface area contributed by atoms with E-state index in [9.17, 15) is 4.79 Å². The molecule has 0 bridgehead atoms. The Balaban J connectivity index is 1.20. The van der Waals surface area contributed by atoms with Gasteiger partial charge in [0.25, 0.3) is 0 Å². The minimum absolute atomic E-state index is 0.0770.